The molecule has 1 aromatic carbocycles. The van der Waals surface area contributed by atoms with Gasteiger partial charge in [0.2, 0.25) is 0 Å². The van der Waals surface area contributed by atoms with Crippen molar-refractivity contribution in [3.05, 3.63) is 59.8 Å². The number of likely N-dealkylation sites (N-methyl/N-ethyl adjacent to an activating group) is 1. The maximum absolute atomic E-state index is 5.42. The summed E-state index contributed by atoms with van der Waals surface area (Å²) in [5.41, 5.74) is 3.48. The Balaban J connectivity index is 0.00000220. The van der Waals surface area contributed by atoms with Crippen molar-refractivity contribution in [2.75, 3.05) is 21.0 Å². The smallest absolute Gasteiger partial charge is 0.188 e. The van der Waals surface area contributed by atoms with Crippen molar-refractivity contribution >= 4 is 5.70 Å². The number of allylic oxidation sites excluding steroid dienone is 3. The van der Waals surface area contributed by atoms with Gasteiger partial charge in [0.25, 0.3) is 0 Å². The first kappa shape index (κ1) is 17.7. The topological polar surface area (TPSA) is 21.7 Å². The van der Waals surface area contributed by atoms with E-state index in [1.165, 1.54) is 0 Å². The van der Waals surface area contributed by atoms with Crippen molar-refractivity contribution in [3.8, 4) is 18.1 Å². The first-order chi connectivity index (χ1) is 9.67. The number of benzene rings is 1. The first-order valence-electron chi connectivity index (χ1n) is 6.13. The van der Waals surface area contributed by atoms with E-state index in [0.717, 1.165) is 28.3 Å². The fourth-order valence-corrected chi connectivity index (χ4v) is 1.87. The third-order valence-corrected chi connectivity index (χ3v) is 3.03. The second kappa shape index (κ2) is 8.19. The van der Waals surface area contributed by atoms with Gasteiger partial charge in [-0.1, -0.05) is 23.4 Å². The third-order valence-electron chi connectivity index (χ3n) is 3.03. The fourth-order valence-electron chi connectivity index (χ4n) is 1.87. The van der Waals surface area contributed by atoms with Crippen LogP contribution in [0.5, 0.6) is 5.75 Å². The van der Waals surface area contributed by atoms with Gasteiger partial charge in [0.1, 0.15) is 5.75 Å². The van der Waals surface area contributed by atoms with E-state index in [9.17, 15) is 0 Å². The van der Waals surface area contributed by atoms with Gasteiger partial charge in [-0.15, -0.1) is 24.5 Å². The number of nitrogens with zero attached hydrogens (tertiary/aromatic N) is 1. The molecule has 0 spiro atoms. The van der Waals surface area contributed by atoms with Crippen molar-refractivity contribution in [2.24, 2.45) is 0 Å². The summed E-state index contributed by atoms with van der Waals surface area (Å²) in [4.78, 5) is 1.93. The van der Waals surface area contributed by atoms with Crippen LogP contribution in [0.15, 0.2) is 48.2 Å². The number of terminal acetylenes is 1. The monoisotopic (exact) mass is 355 g/mol. The van der Waals surface area contributed by atoms with Crippen LogP contribution in [0.1, 0.15) is 5.56 Å². The van der Waals surface area contributed by atoms with Crippen LogP contribution in [0, 0.1) is 18.4 Å². The molecule has 1 aromatic rings. The van der Waals surface area contributed by atoms with Crippen molar-refractivity contribution in [1.29, 1.82) is 0 Å². The summed E-state index contributed by atoms with van der Waals surface area (Å²) in [5.74, 6) is 3.36. The Kier molecular flexibility index (Phi) is 6.91. The fraction of sp³-hybridized carbons (Fsp3) is 0.176. The van der Waals surface area contributed by atoms with Gasteiger partial charge < -0.3 is 14.4 Å². The maximum atomic E-state index is 5.42. The van der Waals surface area contributed by atoms with Crippen LogP contribution in [0.3, 0.4) is 0 Å². The average molecular weight is 355 g/mol. The molecule has 21 heavy (non-hydrogen) atoms. The van der Waals surface area contributed by atoms with E-state index in [-0.39, 0.29) is 39.5 Å². The van der Waals surface area contributed by atoms with E-state index in [4.69, 9.17) is 15.9 Å². The Bertz CT molecular complexity index is 609. The molecule has 0 atom stereocenters. The molecule has 0 unspecified atom stereocenters. The molecular formula is C17H16NO2Y-. The minimum atomic E-state index is 0. The molecule has 105 valence electrons. The zero-order valence-corrected chi connectivity index (χ0v) is 15.1. The third kappa shape index (κ3) is 4.07. The van der Waals surface area contributed by atoms with Crippen molar-refractivity contribution in [2.45, 2.75) is 0 Å². The van der Waals surface area contributed by atoms with Crippen LogP contribution < -0.4 is 4.74 Å². The molecule has 3 nitrogen and oxygen atoms in total. The number of ether oxygens (including phenoxy) is 2. The minimum Gasteiger partial charge on any atom is -0.468 e. The molecule has 0 N–H and O–H groups in total. The molecule has 0 amide bonds. The standard InChI is InChI=1S/C17H16NO2.Y/c1-5-14-8-11-17(18(3)13(14)2)15-6-9-16(10-7-15)20-12-19-4;/h1,6-10H,2,12H2,3-4H3;/q-1;. The van der Waals surface area contributed by atoms with Gasteiger partial charge in [-0.05, 0) is 17.8 Å². The molecular weight excluding hydrogens is 339 g/mol. The summed E-state index contributed by atoms with van der Waals surface area (Å²) in [5, 5.41) is 0. The SMILES string of the molecule is C#CC1=C[C-]=C(c2ccc(OCOC)cc2)N(C)C1=C.[Y]. The molecule has 0 aliphatic carbocycles. The molecule has 1 heterocycles. The predicted molar refractivity (Wildman–Crippen MR) is 79.4 cm³/mol. The Morgan fingerprint density at radius 1 is 1.33 bits per heavy atom. The summed E-state index contributed by atoms with van der Waals surface area (Å²) in [7, 11) is 3.51. The van der Waals surface area contributed by atoms with Gasteiger partial charge in [-0.3, -0.25) is 0 Å². The van der Waals surface area contributed by atoms with E-state index in [1.807, 2.05) is 36.2 Å². The molecule has 0 saturated carbocycles. The molecule has 4 heteroatoms. The van der Waals surface area contributed by atoms with Gasteiger partial charge in [0, 0.05) is 46.9 Å². The molecule has 1 radical (unpaired) electrons. The first-order valence-corrected chi connectivity index (χ1v) is 6.13. The van der Waals surface area contributed by atoms with Crippen LogP contribution in [-0.4, -0.2) is 25.9 Å². The van der Waals surface area contributed by atoms with Crippen LogP contribution in [-0.2, 0) is 37.4 Å². The molecule has 0 saturated heterocycles. The van der Waals surface area contributed by atoms with E-state index in [0.29, 0.717) is 0 Å². The summed E-state index contributed by atoms with van der Waals surface area (Å²) in [6, 6.07) is 7.71. The molecule has 2 rings (SSSR count). The molecule has 1 aliphatic rings. The summed E-state index contributed by atoms with van der Waals surface area (Å²) >= 11 is 0. The quantitative estimate of drug-likeness (QED) is 0.471. The van der Waals surface area contributed by atoms with Crippen molar-refractivity contribution < 1.29 is 42.2 Å². The van der Waals surface area contributed by atoms with Crippen LogP contribution in [0.4, 0.5) is 0 Å². The Morgan fingerprint density at radius 3 is 2.57 bits per heavy atom. The predicted octanol–water partition coefficient (Wildman–Crippen LogP) is 2.83. The molecule has 0 aromatic heterocycles. The zero-order valence-electron chi connectivity index (χ0n) is 12.2. The van der Waals surface area contributed by atoms with E-state index >= 15 is 0 Å². The average Bonchev–Trinajstić information content (AvgIpc) is 2.48. The normalized spacial score (nSPS) is 13.8. The maximum Gasteiger partial charge on any atom is 0.188 e. The van der Waals surface area contributed by atoms with E-state index in [1.54, 1.807) is 13.2 Å². The Morgan fingerprint density at radius 2 is 2.00 bits per heavy atom. The van der Waals surface area contributed by atoms with Gasteiger partial charge in [-0.25, -0.2) is 0 Å². The Hall–Kier alpha value is -1.34. The second-order valence-corrected chi connectivity index (χ2v) is 4.28. The number of methoxy groups -OCH3 is 1. The molecule has 0 bridgehead atoms. The van der Waals surface area contributed by atoms with Gasteiger partial charge >= 0.3 is 0 Å². The molecule has 0 fully saturated rings. The van der Waals surface area contributed by atoms with Crippen LogP contribution >= 0.6 is 0 Å². The summed E-state index contributed by atoms with van der Waals surface area (Å²) < 4.78 is 10.2. The summed E-state index contributed by atoms with van der Waals surface area (Å²) in [6.07, 6.45) is 10.4. The van der Waals surface area contributed by atoms with E-state index in [2.05, 4.69) is 18.6 Å². The number of hydrogen-bond donors (Lipinski definition) is 0. The molecule has 1 aliphatic heterocycles. The van der Waals surface area contributed by atoms with Crippen molar-refractivity contribution in [1.82, 2.24) is 4.90 Å². The number of hydrogen-bond acceptors (Lipinski definition) is 3. The number of rotatable bonds is 4. The second-order valence-electron chi connectivity index (χ2n) is 4.28. The van der Waals surface area contributed by atoms with Crippen LogP contribution in [0.25, 0.3) is 5.70 Å². The van der Waals surface area contributed by atoms with Gasteiger partial charge in [0.15, 0.2) is 6.79 Å². The summed E-state index contributed by atoms with van der Waals surface area (Å²) in [6.45, 7) is 4.23. The van der Waals surface area contributed by atoms with Gasteiger partial charge in [-0.2, -0.15) is 12.2 Å². The van der Waals surface area contributed by atoms with Crippen LogP contribution in [0.2, 0.25) is 0 Å². The van der Waals surface area contributed by atoms with Gasteiger partial charge in [0.05, 0.1) is 0 Å². The largest absolute Gasteiger partial charge is 0.468 e. The minimum absolute atomic E-state index is 0. The zero-order chi connectivity index (χ0) is 14.5. The van der Waals surface area contributed by atoms with Crippen molar-refractivity contribution in [3.63, 3.8) is 0 Å². The van der Waals surface area contributed by atoms with E-state index < -0.39 is 0 Å². The Labute approximate surface area is 151 Å².